The zero-order valence-corrected chi connectivity index (χ0v) is 8.06. The molecule has 0 bridgehead atoms. The fourth-order valence-corrected chi connectivity index (χ4v) is 0.592. The molecule has 0 heterocycles. The maximum atomic E-state index is 11.1. The van der Waals surface area contributed by atoms with E-state index in [-0.39, 0.29) is 25.7 Å². The Bertz CT molecular complexity index is 147. The molecule has 0 radical (unpaired) electrons. The highest BCUT2D eigenvalue weighted by atomic mass is 16.6. The summed E-state index contributed by atoms with van der Waals surface area (Å²) >= 11 is 0. The van der Waals surface area contributed by atoms with E-state index >= 15 is 0 Å². The lowest BCUT2D eigenvalue weighted by Crippen LogP contribution is -2.30. The van der Waals surface area contributed by atoms with Gasteiger partial charge in [-0.2, -0.15) is 0 Å². The summed E-state index contributed by atoms with van der Waals surface area (Å²) in [4.78, 5) is 12.5. The van der Waals surface area contributed by atoms with Crippen LogP contribution in [0.4, 0.5) is 4.79 Å². The maximum Gasteiger partial charge on any atom is 0.409 e. The monoisotopic (exact) mass is 191 g/mol. The Labute approximate surface area is 77.9 Å². The Balaban J connectivity index is 3.68. The molecule has 0 aliphatic carbocycles. The predicted octanol–water partition coefficient (Wildman–Crippen LogP) is -0.325. The number of aliphatic hydroxyl groups excluding tert-OH is 2. The summed E-state index contributed by atoms with van der Waals surface area (Å²) < 4.78 is 4.81. The molecule has 5 nitrogen and oxygen atoms in total. The number of carbonyl (C=O) groups excluding carboxylic acids is 1. The van der Waals surface area contributed by atoms with Crippen LogP contribution in [0.3, 0.4) is 0 Å². The second-order valence-corrected chi connectivity index (χ2v) is 2.82. The molecule has 2 N–H and O–H groups in total. The van der Waals surface area contributed by atoms with Crippen molar-refractivity contribution < 1.29 is 19.7 Å². The Kier molecular flexibility index (Phi) is 6.26. The standard InChI is InChI=1S/C8H17NO4/c1-3-9(2)8(12)13-6-7(4-10)5-11/h7,10-11H,3-6H2,1-2H3. The van der Waals surface area contributed by atoms with Crippen LogP contribution >= 0.6 is 0 Å². The molecule has 0 saturated carbocycles. The van der Waals surface area contributed by atoms with Gasteiger partial charge < -0.3 is 19.8 Å². The van der Waals surface area contributed by atoms with Crippen molar-refractivity contribution in [3.63, 3.8) is 0 Å². The summed E-state index contributed by atoms with van der Waals surface area (Å²) in [5, 5.41) is 17.3. The number of carbonyl (C=O) groups is 1. The lowest BCUT2D eigenvalue weighted by atomic mass is 10.2. The van der Waals surface area contributed by atoms with Crippen molar-refractivity contribution in [2.24, 2.45) is 5.92 Å². The highest BCUT2D eigenvalue weighted by Gasteiger charge is 2.11. The first-order valence-corrected chi connectivity index (χ1v) is 4.25. The lowest BCUT2D eigenvalue weighted by molar-refractivity contribution is 0.0588. The number of rotatable bonds is 5. The van der Waals surface area contributed by atoms with Gasteiger partial charge in [-0.25, -0.2) is 4.79 Å². The molecule has 0 fully saturated rings. The number of amides is 1. The molecule has 0 aliphatic heterocycles. The molecule has 0 atom stereocenters. The third-order valence-corrected chi connectivity index (χ3v) is 1.74. The molecule has 0 unspecified atom stereocenters. The van der Waals surface area contributed by atoms with E-state index in [9.17, 15) is 4.79 Å². The van der Waals surface area contributed by atoms with E-state index < -0.39 is 6.09 Å². The van der Waals surface area contributed by atoms with E-state index in [0.717, 1.165) is 0 Å². The topological polar surface area (TPSA) is 70.0 Å². The molecule has 5 heteroatoms. The molecular weight excluding hydrogens is 174 g/mol. The summed E-state index contributed by atoms with van der Waals surface area (Å²) in [5.74, 6) is -0.380. The van der Waals surface area contributed by atoms with E-state index in [1.807, 2.05) is 6.92 Å². The summed E-state index contributed by atoms with van der Waals surface area (Å²) in [6.07, 6.45) is -0.436. The largest absolute Gasteiger partial charge is 0.449 e. The van der Waals surface area contributed by atoms with Crippen LogP contribution in [0.25, 0.3) is 0 Å². The van der Waals surface area contributed by atoms with Gasteiger partial charge in [0.1, 0.15) is 6.61 Å². The van der Waals surface area contributed by atoms with Gasteiger partial charge in [-0.1, -0.05) is 0 Å². The van der Waals surface area contributed by atoms with Crippen molar-refractivity contribution in [1.82, 2.24) is 4.90 Å². The summed E-state index contributed by atoms with van der Waals surface area (Å²) in [6.45, 7) is 2.09. The van der Waals surface area contributed by atoms with Gasteiger partial charge in [0.25, 0.3) is 0 Å². The van der Waals surface area contributed by atoms with Crippen LogP contribution in [0.5, 0.6) is 0 Å². The maximum absolute atomic E-state index is 11.1. The fraction of sp³-hybridized carbons (Fsp3) is 0.875. The molecule has 1 amide bonds. The third kappa shape index (κ3) is 4.69. The second kappa shape index (κ2) is 6.68. The quantitative estimate of drug-likeness (QED) is 0.624. The highest BCUT2D eigenvalue weighted by Crippen LogP contribution is 1.97. The molecule has 0 spiro atoms. The Hall–Kier alpha value is -0.810. The minimum atomic E-state index is -0.436. The van der Waals surface area contributed by atoms with E-state index in [2.05, 4.69) is 0 Å². The molecule has 78 valence electrons. The molecule has 0 saturated heterocycles. The second-order valence-electron chi connectivity index (χ2n) is 2.82. The Morgan fingerprint density at radius 3 is 2.38 bits per heavy atom. The van der Waals surface area contributed by atoms with Crippen LogP contribution in [0, 0.1) is 5.92 Å². The van der Waals surface area contributed by atoms with Gasteiger partial charge in [-0.3, -0.25) is 0 Å². The first-order valence-electron chi connectivity index (χ1n) is 4.25. The van der Waals surface area contributed by atoms with E-state index in [1.165, 1.54) is 4.90 Å². The zero-order valence-electron chi connectivity index (χ0n) is 8.06. The Morgan fingerprint density at radius 2 is 2.00 bits per heavy atom. The van der Waals surface area contributed by atoms with E-state index in [4.69, 9.17) is 14.9 Å². The van der Waals surface area contributed by atoms with Crippen LogP contribution in [0.1, 0.15) is 6.92 Å². The van der Waals surface area contributed by atoms with Crippen molar-refractivity contribution in [2.75, 3.05) is 33.4 Å². The van der Waals surface area contributed by atoms with Crippen LogP contribution in [-0.4, -0.2) is 54.6 Å². The smallest absolute Gasteiger partial charge is 0.409 e. The van der Waals surface area contributed by atoms with E-state index in [0.29, 0.717) is 6.54 Å². The predicted molar refractivity (Wildman–Crippen MR) is 47.3 cm³/mol. The van der Waals surface area contributed by atoms with Gasteiger partial charge in [0, 0.05) is 19.5 Å². The van der Waals surface area contributed by atoms with Gasteiger partial charge in [-0.15, -0.1) is 0 Å². The summed E-state index contributed by atoms with van der Waals surface area (Å²) in [5.41, 5.74) is 0. The van der Waals surface area contributed by atoms with Crippen molar-refractivity contribution in [3.8, 4) is 0 Å². The average Bonchev–Trinajstić information content (AvgIpc) is 2.17. The number of hydrogen-bond acceptors (Lipinski definition) is 4. The minimum absolute atomic E-state index is 0.0518. The number of ether oxygens (including phenoxy) is 1. The highest BCUT2D eigenvalue weighted by molar-refractivity contribution is 5.67. The lowest BCUT2D eigenvalue weighted by Gasteiger charge is -2.16. The minimum Gasteiger partial charge on any atom is -0.449 e. The first kappa shape index (κ1) is 12.2. The molecule has 13 heavy (non-hydrogen) atoms. The molecule has 0 rings (SSSR count). The van der Waals surface area contributed by atoms with Crippen molar-refractivity contribution >= 4 is 6.09 Å². The van der Waals surface area contributed by atoms with Crippen LogP contribution in [-0.2, 0) is 4.74 Å². The van der Waals surface area contributed by atoms with Crippen molar-refractivity contribution in [3.05, 3.63) is 0 Å². The first-order chi connectivity index (χ1) is 6.15. The van der Waals surface area contributed by atoms with Gasteiger partial charge in [0.2, 0.25) is 0 Å². The van der Waals surface area contributed by atoms with Crippen LogP contribution < -0.4 is 0 Å². The molecule has 0 aromatic carbocycles. The third-order valence-electron chi connectivity index (χ3n) is 1.74. The average molecular weight is 191 g/mol. The molecule has 0 aromatic rings. The van der Waals surface area contributed by atoms with E-state index in [1.54, 1.807) is 7.05 Å². The summed E-state index contributed by atoms with van der Waals surface area (Å²) in [6, 6.07) is 0. The van der Waals surface area contributed by atoms with Crippen molar-refractivity contribution in [2.45, 2.75) is 6.92 Å². The van der Waals surface area contributed by atoms with Gasteiger partial charge in [0.05, 0.1) is 13.2 Å². The van der Waals surface area contributed by atoms with Crippen LogP contribution in [0.15, 0.2) is 0 Å². The van der Waals surface area contributed by atoms with Crippen LogP contribution in [0.2, 0.25) is 0 Å². The molecule has 0 aliphatic rings. The summed E-state index contributed by atoms with van der Waals surface area (Å²) in [7, 11) is 1.62. The normalized spacial score (nSPS) is 10.2. The zero-order chi connectivity index (χ0) is 10.3. The van der Waals surface area contributed by atoms with Crippen molar-refractivity contribution in [1.29, 1.82) is 0 Å². The Morgan fingerprint density at radius 1 is 1.46 bits per heavy atom. The molecule has 0 aromatic heterocycles. The SMILES string of the molecule is CCN(C)C(=O)OCC(CO)CO. The van der Waals surface area contributed by atoms with Gasteiger partial charge >= 0.3 is 6.09 Å². The number of nitrogens with zero attached hydrogens (tertiary/aromatic N) is 1. The number of hydrogen-bond donors (Lipinski definition) is 2. The van der Waals surface area contributed by atoms with Gasteiger partial charge in [0.15, 0.2) is 0 Å². The van der Waals surface area contributed by atoms with Gasteiger partial charge in [-0.05, 0) is 6.92 Å². The fourth-order valence-electron chi connectivity index (χ4n) is 0.592. The molecular formula is C8H17NO4. The number of aliphatic hydroxyl groups is 2.